The number of fused-ring (bicyclic) bond motifs is 1. The molecule has 2 fully saturated rings. The molecule has 0 spiro atoms. The van der Waals surface area contributed by atoms with Gasteiger partial charge in [-0.2, -0.15) is 0 Å². The SMILES string of the molecule is [C-]#[N+]c1cc([C@H]2CN3CCNC[C@H]3CO2)c(F)cc1F. The summed E-state index contributed by atoms with van der Waals surface area (Å²) in [7, 11) is 0. The van der Waals surface area contributed by atoms with Gasteiger partial charge < -0.3 is 10.1 Å². The van der Waals surface area contributed by atoms with Crippen molar-refractivity contribution in [2.75, 3.05) is 32.8 Å². The third-order valence-electron chi connectivity index (χ3n) is 3.90. The van der Waals surface area contributed by atoms with E-state index in [4.69, 9.17) is 11.3 Å². The number of hydrogen-bond donors (Lipinski definition) is 1. The summed E-state index contributed by atoms with van der Waals surface area (Å²) in [5, 5.41) is 3.29. The van der Waals surface area contributed by atoms with E-state index in [0.717, 1.165) is 25.7 Å². The van der Waals surface area contributed by atoms with Crippen molar-refractivity contribution in [2.24, 2.45) is 0 Å². The van der Waals surface area contributed by atoms with Crippen molar-refractivity contribution in [3.8, 4) is 0 Å². The van der Waals surface area contributed by atoms with Crippen molar-refractivity contribution in [3.05, 3.63) is 40.7 Å². The Balaban J connectivity index is 1.85. The predicted octanol–water partition coefficient (Wildman–Crippen LogP) is 1.86. The average Bonchev–Trinajstić information content (AvgIpc) is 2.47. The maximum Gasteiger partial charge on any atom is 0.222 e. The molecule has 3 rings (SSSR count). The predicted molar refractivity (Wildman–Crippen MR) is 69.5 cm³/mol. The fourth-order valence-corrected chi connectivity index (χ4v) is 2.77. The third kappa shape index (κ3) is 2.40. The normalized spacial score (nSPS) is 26.9. The highest BCUT2D eigenvalue weighted by Gasteiger charge is 2.32. The second-order valence-electron chi connectivity index (χ2n) is 5.11. The quantitative estimate of drug-likeness (QED) is 0.796. The molecular formula is C14H15F2N3O. The molecule has 6 heteroatoms. The monoisotopic (exact) mass is 279 g/mol. The zero-order chi connectivity index (χ0) is 14.1. The van der Waals surface area contributed by atoms with E-state index < -0.39 is 17.7 Å². The summed E-state index contributed by atoms with van der Waals surface area (Å²) in [5.74, 6) is -1.47. The molecule has 0 amide bonds. The smallest absolute Gasteiger partial charge is 0.222 e. The number of benzene rings is 1. The number of ether oxygens (including phenoxy) is 1. The zero-order valence-corrected chi connectivity index (χ0v) is 10.9. The molecule has 2 atom stereocenters. The van der Waals surface area contributed by atoms with Crippen LogP contribution in [0, 0.1) is 18.2 Å². The van der Waals surface area contributed by atoms with Gasteiger partial charge in [-0.15, -0.1) is 0 Å². The van der Waals surface area contributed by atoms with E-state index in [9.17, 15) is 8.78 Å². The Morgan fingerprint density at radius 1 is 1.35 bits per heavy atom. The summed E-state index contributed by atoms with van der Waals surface area (Å²) in [6.07, 6.45) is -0.439. The Kier molecular flexibility index (Phi) is 3.66. The van der Waals surface area contributed by atoms with Crippen LogP contribution in [-0.4, -0.2) is 43.7 Å². The zero-order valence-electron chi connectivity index (χ0n) is 10.9. The molecule has 0 bridgehead atoms. The van der Waals surface area contributed by atoms with Crippen molar-refractivity contribution in [1.82, 2.24) is 10.2 Å². The first kappa shape index (κ1) is 13.4. The molecule has 1 aromatic rings. The number of hydrogen-bond acceptors (Lipinski definition) is 3. The van der Waals surface area contributed by atoms with Crippen molar-refractivity contribution < 1.29 is 13.5 Å². The van der Waals surface area contributed by atoms with Crippen LogP contribution in [0.15, 0.2) is 12.1 Å². The molecule has 2 saturated heterocycles. The molecule has 2 aliphatic rings. The maximum absolute atomic E-state index is 13.9. The standard InChI is InChI=1S/C14H15F2N3O/c1-17-13-4-10(11(15)5-12(13)16)14-7-19-3-2-18-6-9(19)8-20-14/h4-5,9,14,18H,2-3,6-8H2/t9-,14+/m0/s1. The Labute approximate surface area is 116 Å². The van der Waals surface area contributed by atoms with Crippen LogP contribution in [0.1, 0.15) is 11.7 Å². The number of nitrogens with one attached hydrogen (secondary N) is 1. The summed E-state index contributed by atoms with van der Waals surface area (Å²) >= 11 is 0. The number of rotatable bonds is 1. The molecule has 0 radical (unpaired) electrons. The van der Waals surface area contributed by atoms with Gasteiger partial charge in [-0.05, 0) is 12.1 Å². The molecule has 1 N–H and O–H groups in total. The Morgan fingerprint density at radius 2 is 2.20 bits per heavy atom. The van der Waals surface area contributed by atoms with Crippen LogP contribution in [0.25, 0.3) is 4.85 Å². The molecule has 0 aliphatic carbocycles. The molecule has 2 heterocycles. The molecule has 0 unspecified atom stereocenters. The lowest BCUT2D eigenvalue weighted by Gasteiger charge is -2.42. The second kappa shape index (κ2) is 5.44. The van der Waals surface area contributed by atoms with Gasteiger partial charge in [0.25, 0.3) is 0 Å². The average molecular weight is 279 g/mol. The topological polar surface area (TPSA) is 28.9 Å². The van der Waals surface area contributed by atoms with Crippen molar-refractivity contribution in [1.29, 1.82) is 0 Å². The molecule has 20 heavy (non-hydrogen) atoms. The minimum atomic E-state index is -0.822. The largest absolute Gasteiger partial charge is 0.370 e. The highest BCUT2D eigenvalue weighted by atomic mass is 19.1. The van der Waals surface area contributed by atoms with Gasteiger partial charge in [-0.1, -0.05) is 0 Å². The number of morpholine rings is 1. The van der Waals surface area contributed by atoms with Gasteiger partial charge in [0.2, 0.25) is 5.69 Å². The lowest BCUT2D eigenvalue weighted by Crippen LogP contribution is -2.57. The Hall–Kier alpha value is -1.55. The van der Waals surface area contributed by atoms with Gasteiger partial charge in [0.15, 0.2) is 0 Å². The van der Waals surface area contributed by atoms with Crippen LogP contribution in [-0.2, 0) is 4.74 Å². The molecular weight excluding hydrogens is 264 g/mol. The highest BCUT2D eigenvalue weighted by molar-refractivity contribution is 5.49. The third-order valence-corrected chi connectivity index (χ3v) is 3.90. The summed E-state index contributed by atoms with van der Waals surface area (Å²) in [5.41, 5.74) is 0.113. The van der Waals surface area contributed by atoms with Gasteiger partial charge in [-0.25, -0.2) is 13.6 Å². The number of piperazine rings is 1. The van der Waals surface area contributed by atoms with E-state index in [1.165, 1.54) is 6.07 Å². The van der Waals surface area contributed by atoms with Crippen LogP contribution in [0.5, 0.6) is 0 Å². The van der Waals surface area contributed by atoms with E-state index in [1.807, 2.05) is 0 Å². The van der Waals surface area contributed by atoms with Crippen LogP contribution >= 0.6 is 0 Å². The first-order valence-electron chi connectivity index (χ1n) is 6.62. The fourth-order valence-electron chi connectivity index (χ4n) is 2.77. The molecule has 4 nitrogen and oxygen atoms in total. The summed E-state index contributed by atoms with van der Waals surface area (Å²) < 4.78 is 33.0. The summed E-state index contributed by atoms with van der Waals surface area (Å²) in [6.45, 7) is 10.7. The minimum absolute atomic E-state index is 0.160. The molecule has 0 aromatic heterocycles. The van der Waals surface area contributed by atoms with Crippen molar-refractivity contribution in [2.45, 2.75) is 12.1 Å². The van der Waals surface area contributed by atoms with Crippen molar-refractivity contribution >= 4 is 5.69 Å². The lowest BCUT2D eigenvalue weighted by molar-refractivity contribution is -0.0729. The first-order valence-corrected chi connectivity index (χ1v) is 6.62. The maximum atomic E-state index is 13.9. The van der Waals surface area contributed by atoms with E-state index in [-0.39, 0.29) is 11.3 Å². The highest BCUT2D eigenvalue weighted by Crippen LogP contribution is 2.31. The number of halogens is 2. The van der Waals surface area contributed by atoms with E-state index in [1.54, 1.807) is 0 Å². The molecule has 106 valence electrons. The van der Waals surface area contributed by atoms with E-state index in [2.05, 4.69) is 15.1 Å². The van der Waals surface area contributed by atoms with Crippen molar-refractivity contribution in [3.63, 3.8) is 0 Å². The Bertz CT molecular complexity index is 558. The Morgan fingerprint density at radius 3 is 3.00 bits per heavy atom. The van der Waals surface area contributed by atoms with Crippen LogP contribution in [0.2, 0.25) is 0 Å². The molecule has 0 saturated carbocycles. The second-order valence-corrected chi connectivity index (χ2v) is 5.11. The van der Waals surface area contributed by atoms with Crippen LogP contribution in [0.4, 0.5) is 14.5 Å². The van der Waals surface area contributed by atoms with Gasteiger partial charge in [0, 0.05) is 37.8 Å². The lowest BCUT2D eigenvalue weighted by atomic mass is 10.0. The first-order chi connectivity index (χ1) is 9.69. The summed E-state index contributed by atoms with van der Waals surface area (Å²) in [6, 6.07) is 2.35. The summed E-state index contributed by atoms with van der Waals surface area (Å²) in [4.78, 5) is 5.33. The van der Waals surface area contributed by atoms with Gasteiger partial charge in [0.1, 0.15) is 11.6 Å². The number of nitrogens with zero attached hydrogens (tertiary/aromatic N) is 2. The van der Waals surface area contributed by atoms with Gasteiger partial charge in [0.05, 0.1) is 19.3 Å². The minimum Gasteiger partial charge on any atom is -0.370 e. The van der Waals surface area contributed by atoms with Gasteiger partial charge >= 0.3 is 0 Å². The van der Waals surface area contributed by atoms with Crippen LogP contribution < -0.4 is 5.32 Å². The van der Waals surface area contributed by atoms with Gasteiger partial charge in [-0.3, -0.25) is 4.90 Å². The molecule has 1 aromatic carbocycles. The van der Waals surface area contributed by atoms with Crippen LogP contribution in [0.3, 0.4) is 0 Å². The molecule has 2 aliphatic heterocycles. The fraction of sp³-hybridized carbons (Fsp3) is 0.500. The van der Waals surface area contributed by atoms with E-state index >= 15 is 0 Å². The van der Waals surface area contributed by atoms with E-state index in [0.29, 0.717) is 19.2 Å².